The summed E-state index contributed by atoms with van der Waals surface area (Å²) in [5.41, 5.74) is 17.0. The summed E-state index contributed by atoms with van der Waals surface area (Å²) >= 11 is -4.88. The molecule has 4 saturated carbocycles. The second kappa shape index (κ2) is 14.1. The first kappa shape index (κ1) is 38.6. The van der Waals surface area contributed by atoms with E-state index >= 15 is 0 Å². The zero-order chi connectivity index (χ0) is 38.5. The second-order valence-corrected chi connectivity index (χ2v) is 62.1. The first-order valence-electron chi connectivity index (χ1n) is 21.7. The number of hydrogen-bond acceptors (Lipinski definition) is 0. The van der Waals surface area contributed by atoms with Crippen molar-refractivity contribution in [2.75, 3.05) is 0 Å². The molecule has 0 heterocycles. The van der Waals surface area contributed by atoms with Crippen LogP contribution in [-0.4, -0.2) is 5.92 Å². The van der Waals surface area contributed by atoms with Gasteiger partial charge in [-0.05, 0) is 0 Å². The van der Waals surface area contributed by atoms with Gasteiger partial charge in [0.1, 0.15) is 0 Å². The van der Waals surface area contributed by atoms with E-state index < -0.39 is 21.5 Å². The van der Waals surface area contributed by atoms with Gasteiger partial charge in [0.15, 0.2) is 0 Å². The van der Waals surface area contributed by atoms with Crippen molar-refractivity contribution in [2.24, 2.45) is 23.7 Å². The van der Waals surface area contributed by atoms with Crippen LogP contribution in [0.3, 0.4) is 0 Å². The van der Waals surface area contributed by atoms with Crippen LogP contribution in [0.5, 0.6) is 0 Å². The van der Waals surface area contributed by atoms with Crippen LogP contribution in [-0.2, 0) is 21.0 Å². The van der Waals surface area contributed by atoms with E-state index in [1.54, 1.807) is 5.56 Å². The first-order chi connectivity index (χ1) is 26.3. The Kier molecular flexibility index (Phi) is 9.89. The second-order valence-electron chi connectivity index (χ2n) is 19.6. The molecule has 3 unspecified atom stereocenters. The molecule has 4 aromatic carbocycles. The molecule has 6 aliphatic rings. The Labute approximate surface area is 341 Å². The molecule has 0 aromatic heterocycles. The van der Waals surface area contributed by atoms with Gasteiger partial charge in [0.05, 0.1) is 0 Å². The molecule has 0 N–H and O–H groups in total. The summed E-state index contributed by atoms with van der Waals surface area (Å²) in [7, 11) is 17.6. The zero-order valence-corrected chi connectivity index (χ0v) is 39.4. The molecule has 4 aromatic rings. The molecule has 3 atom stereocenters. The standard InChI is InChI=1S/C26H27.C23H27.C2H7Si.2ClH.Zr/c1-17-9-22-3-2-4-24(25(22)10-17)21-5-7-23(8-6-21)26-14-18-11-19(15-26)13-20(12-18)16-26;1-5-7-17(4)21-14-20-8-6-9-22(23(20)15-21)19-12-10-18(11-13-19)16(2)3;1-3-2;;;/h2-10,18-20H,11-16H2,1H3;6,8-17H,5,7H2,1-4H3;3H,1-2H3;2*1H;/q;;;;;+2/p-2. The van der Waals surface area contributed by atoms with E-state index in [4.69, 9.17) is 17.0 Å². The third-order valence-electron chi connectivity index (χ3n) is 15.6. The van der Waals surface area contributed by atoms with Crippen molar-refractivity contribution < 1.29 is 15.6 Å². The molecule has 6 aliphatic carbocycles. The minimum atomic E-state index is -4.88. The van der Waals surface area contributed by atoms with Crippen molar-refractivity contribution in [3.63, 3.8) is 0 Å². The summed E-state index contributed by atoms with van der Waals surface area (Å²) in [5, 5.41) is 0. The Balaban J connectivity index is 1.13. The van der Waals surface area contributed by atoms with Crippen molar-refractivity contribution in [1.29, 1.82) is 0 Å². The molecule has 0 aliphatic heterocycles. The van der Waals surface area contributed by atoms with E-state index in [1.165, 1.54) is 99.7 Å². The van der Waals surface area contributed by atoms with Crippen LogP contribution in [0.2, 0.25) is 13.1 Å². The Hall–Kier alpha value is -1.96. The van der Waals surface area contributed by atoms with Crippen LogP contribution in [0.25, 0.3) is 34.4 Å². The van der Waals surface area contributed by atoms with Crippen molar-refractivity contribution in [3.8, 4) is 22.3 Å². The van der Waals surface area contributed by atoms with Gasteiger partial charge < -0.3 is 0 Å². The summed E-state index contributed by atoms with van der Waals surface area (Å²) in [4.78, 5) is 0. The zero-order valence-electron chi connectivity index (χ0n) is 34.3. The van der Waals surface area contributed by atoms with E-state index in [9.17, 15) is 0 Å². The molecule has 55 heavy (non-hydrogen) atoms. The molecule has 4 fully saturated rings. The van der Waals surface area contributed by atoms with Gasteiger partial charge in [-0.1, -0.05) is 0 Å². The summed E-state index contributed by atoms with van der Waals surface area (Å²) < 4.78 is 0.199. The van der Waals surface area contributed by atoms with Gasteiger partial charge in [-0.15, -0.1) is 0 Å². The maximum absolute atomic E-state index is 8.81. The van der Waals surface area contributed by atoms with Gasteiger partial charge in [0.25, 0.3) is 0 Å². The summed E-state index contributed by atoms with van der Waals surface area (Å²) in [6.45, 7) is 16.6. The monoisotopic (exact) mass is 861 g/mol. The van der Waals surface area contributed by atoms with Crippen LogP contribution in [0.1, 0.15) is 133 Å². The van der Waals surface area contributed by atoms with Gasteiger partial charge in [0.2, 0.25) is 0 Å². The Morgan fingerprint density at radius 1 is 0.691 bits per heavy atom. The van der Waals surface area contributed by atoms with Gasteiger partial charge in [-0.25, -0.2) is 0 Å². The van der Waals surface area contributed by atoms with Crippen molar-refractivity contribution in [1.82, 2.24) is 0 Å². The molecule has 0 spiro atoms. The quantitative estimate of drug-likeness (QED) is 0.139. The Bertz CT molecular complexity index is 2150. The number of fused-ring (bicyclic) bond motifs is 2. The van der Waals surface area contributed by atoms with Crippen LogP contribution < -0.4 is 0 Å². The Morgan fingerprint density at radius 2 is 1.20 bits per heavy atom. The number of halogens is 2. The van der Waals surface area contributed by atoms with E-state index in [0.717, 1.165) is 30.6 Å². The van der Waals surface area contributed by atoms with Gasteiger partial charge >= 0.3 is 344 Å². The molecule has 4 heteroatoms. The van der Waals surface area contributed by atoms with Crippen molar-refractivity contribution >= 4 is 35.1 Å². The molecular weight excluding hydrogens is 803 g/mol. The predicted octanol–water partition coefficient (Wildman–Crippen LogP) is 15.6. The number of allylic oxidation sites excluding steroid dienone is 2. The third-order valence-corrected chi connectivity index (χ3v) is 67.6. The molecule has 0 amide bonds. The molecule has 0 radical (unpaired) electrons. The molecule has 0 nitrogen and oxygen atoms in total. The topological polar surface area (TPSA) is 0 Å². The number of rotatable bonds is 10. The average Bonchev–Trinajstić information content (AvgIpc) is 3.74. The average molecular weight is 864 g/mol. The number of benzene rings is 4. The fraction of sp³-hybridized carbons (Fsp3) is 0.451. The van der Waals surface area contributed by atoms with Gasteiger partial charge in [-0.2, -0.15) is 0 Å². The summed E-state index contributed by atoms with van der Waals surface area (Å²) in [6.07, 6.45) is 16.0. The number of hydrogen-bond donors (Lipinski definition) is 0. The fourth-order valence-electron chi connectivity index (χ4n) is 13.2. The molecule has 4 bridgehead atoms. The van der Waals surface area contributed by atoms with Crippen LogP contribution >= 0.6 is 17.0 Å². The third kappa shape index (κ3) is 6.11. The van der Waals surface area contributed by atoms with E-state index in [2.05, 4.69) is 145 Å². The van der Waals surface area contributed by atoms with E-state index in [-0.39, 0.29) is 7.25 Å². The molecule has 0 saturated heterocycles. The van der Waals surface area contributed by atoms with Crippen molar-refractivity contribution in [2.45, 2.75) is 118 Å². The van der Waals surface area contributed by atoms with E-state index in [0.29, 0.717) is 17.3 Å². The summed E-state index contributed by atoms with van der Waals surface area (Å²) in [5.74, 6) is 2.14. The minimum absolute atomic E-state index is 0.0971. The van der Waals surface area contributed by atoms with Crippen LogP contribution in [0.15, 0.2) is 96.1 Å². The first-order valence-corrected chi connectivity index (χ1v) is 38.1. The molecular formula is C51H61Cl2SiZr. The fourth-order valence-corrected chi connectivity index (χ4v) is 45.3. The normalized spacial score (nSPS) is 27.8. The maximum atomic E-state index is 8.81. The van der Waals surface area contributed by atoms with Gasteiger partial charge in [0, 0.05) is 0 Å². The summed E-state index contributed by atoms with van der Waals surface area (Å²) in [6, 6.07) is 33.2. The predicted molar refractivity (Wildman–Crippen MR) is 239 cm³/mol. The molecule has 10 rings (SSSR count). The SMILES string of the molecule is CCCC(C)C1=Cc2c(-c3ccc(C(C)C)cc3)cccc2[CH]1[Zr]([Cl])([Cl])([CH]1C(C)=Cc2c(-c3ccc(C45CC6CC(CC(C6)C4)C5)cc3)cccc21)[SiH](C)C. The van der Waals surface area contributed by atoms with Crippen LogP contribution in [0, 0.1) is 23.7 Å². The van der Waals surface area contributed by atoms with Crippen molar-refractivity contribution in [3.05, 3.63) is 129 Å². The molecule has 287 valence electrons. The van der Waals surface area contributed by atoms with Gasteiger partial charge in [-0.3, -0.25) is 0 Å². The van der Waals surface area contributed by atoms with Crippen LogP contribution in [0.4, 0.5) is 0 Å². The Morgan fingerprint density at radius 3 is 1.71 bits per heavy atom. The van der Waals surface area contributed by atoms with E-state index in [1.807, 2.05) is 0 Å².